The molecule has 0 aliphatic carbocycles. The van der Waals surface area contributed by atoms with E-state index in [4.69, 9.17) is 0 Å². The summed E-state index contributed by atoms with van der Waals surface area (Å²) in [5.74, 6) is -0.545. The maximum absolute atomic E-state index is 13.4. The van der Waals surface area contributed by atoms with E-state index in [0.717, 1.165) is 25.7 Å². The summed E-state index contributed by atoms with van der Waals surface area (Å²) in [6, 6.07) is 4.61. The largest absolute Gasteiger partial charge is 0.294 e. The summed E-state index contributed by atoms with van der Waals surface area (Å²) in [4.78, 5) is 11.8. The first-order valence-corrected chi connectivity index (χ1v) is 6.43. The van der Waals surface area contributed by atoms with Gasteiger partial charge in [0.25, 0.3) is 0 Å². The molecule has 3 heteroatoms. The highest BCUT2D eigenvalue weighted by Gasteiger charge is 2.14. The molecule has 88 valence electrons. The smallest absolute Gasteiger partial charge is 0.166 e. The monoisotopic (exact) mass is 286 g/mol. The number of ketones is 1. The molecule has 0 aromatic heterocycles. The molecule has 1 nitrogen and oxygen atoms in total. The minimum atomic E-state index is -0.435. The predicted molar refractivity (Wildman–Crippen MR) is 67.2 cm³/mol. The fourth-order valence-corrected chi connectivity index (χ4v) is 2.16. The SMILES string of the molecule is CCCCCCC(=O)c1c(F)cccc1Br. The van der Waals surface area contributed by atoms with Crippen LogP contribution in [0.15, 0.2) is 22.7 Å². The molecule has 0 N–H and O–H groups in total. The number of carbonyl (C=O) groups is 1. The zero-order valence-corrected chi connectivity index (χ0v) is 11.0. The van der Waals surface area contributed by atoms with Crippen LogP contribution in [-0.4, -0.2) is 5.78 Å². The zero-order valence-electron chi connectivity index (χ0n) is 9.43. The number of rotatable bonds is 6. The van der Waals surface area contributed by atoms with Crippen LogP contribution in [0.3, 0.4) is 0 Å². The lowest BCUT2D eigenvalue weighted by atomic mass is 10.0. The van der Waals surface area contributed by atoms with Gasteiger partial charge in [-0.2, -0.15) is 0 Å². The van der Waals surface area contributed by atoms with Crippen molar-refractivity contribution in [2.75, 3.05) is 0 Å². The molecule has 0 radical (unpaired) electrons. The van der Waals surface area contributed by atoms with Gasteiger partial charge in [-0.3, -0.25) is 4.79 Å². The summed E-state index contributed by atoms with van der Waals surface area (Å²) in [6.45, 7) is 2.12. The van der Waals surface area contributed by atoms with Gasteiger partial charge in [0.15, 0.2) is 5.78 Å². The number of Topliss-reactive ketones (excluding diaryl/α,β-unsaturated/α-hetero) is 1. The Labute approximate surface area is 104 Å². The summed E-state index contributed by atoms with van der Waals surface area (Å²) in [6.07, 6.45) is 4.57. The standard InChI is InChI=1S/C13H16BrFO/c1-2-3-4-5-9-12(16)13-10(14)7-6-8-11(13)15/h6-8H,2-5,9H2,1H3. The summed E-state index contributed by atoms with van der Waals surface area (Å²) < 4.78 is 14.0. The first kappa shape index (κ1) is 13.4. The average Bonchev–Trinajstić information content (AvgIpc) is 2.24. The second-order valence-electron chi connectivity index (χ2n) is 3.83. The van der Waals surface area contributed by atoms with Crippen LogP contribution >= 0.6 is 15.9 Å². The van der Waals surface area contributed by atoms with Gasteiger partial charge in [0.1, 0.15) is 5.82 Å². The molecule has 0 aliphatic heterocycles. The molecule has 16 heavy (non-hydrogen) atoms. The Morgan fingerprint density at radius 2 is 2.06 bits per heavy atom. The van der Waals surface area contributed by atoms with Crippen LogP contribution in [0.2, 0.25) is 0 Å². The molecular formula is C13H16BrFO. The zero-order chi connectivity index (χ0) is 12.0. The van der Waals surface area contributed by atoms with Crippen LogP contribution in [0.1, 0.15) is 49.4 Å². The van der Waals surface area contributed by atoms with E-state index in [-0.39, 0.29) is 11.3 Å². The van der Waals surface area contributed by atoms with Gasteiger partial charge in [-0.1, -0.05) is 32.3 Å². The van der Waals surface area contributed by atoms with Gasteiger partial charge in [0.2, 0.25) is 0 Å². The summed E-state index contributed by atoms with van der Waals surface area (Å²) in [7, 11) is 0. The van der Waals surface area contributed by atoms with E-state index in [1.165, 1.54) is 6.07 Å². The highest BCUT2D eigenvalue weighted by Crippen LogP contribution is 2.22. The first-order chi connectivity index (χ1) is 7.66. The van der Waals surface area contributed by atoms with E-state index in [1.807, 2.05) is 0 Å². The van der Waals surface area contributed by atoms with E-state index in [9.17, 15) is 9.18 Å². The van der Waals surface area contributed by atoms with Gasteiger partial charge in [-0.05, 0) is 34.5 Å². The van der Waals surface area contributed by atoms with Crippen LogP contribution in [0, 0.1) is 5.82 Å². The number of benzene rings is 1. The molecule has 0 heterocycles. The fourth-order valence-electron chi connectivity index (χ4n) is 1.60. The van der Waals surface area contributed by atoms with Crippen molar-refractivity contribution >= 4 is 21.7 Å². The number of halogens is 2. The van der Waals surface area contributed by atoms with Gasteiger partial charge < -0.3 is 0 Å². The molecule has 0 bridgehead atoms. The van der Waals surface area contributed by atoms with E-state index < -0.39 is 5.82 Å². The molecule has 0 unspecified atom stereocenters. The molecular weight excluding hydrogens is 271 g/mol. The lowest BCUT2D eigenvalue weighted by Gasteiger charge is -2.04. The first-order valence-electron chi connectivity index (χ1n) is 5.64. The third kappa shape index (κ3) is 3.71. The Hall–Kier alpha value is -0.700. The maximum atomic E-state index is 13.4. The molecule has 0 saturated carbocycles. The predicted octanol–water partition coefficient (Wildman–Crippen LogP) is 4.74. The number of carbonyl (C=O) groups excluding carboxylic acids is 1. The second kappa shape index (κ2) is 6.79. The van der Waals surface area contributed by atoms with Crippen molar-refractivity contribution in [2.24, 2.45) is 0 Å². The Morgan fingerprint density at radius 1 is 1.31 bits per heavy atom. The van der Waals surface area contributed by atoms with Crippen LogP contribution in [0.5, 0.6) is 0 Å². The normalized spacial score (nSPS) is 10.4. The van der Waals surface area contributed by atoms with Crippen molar-refractivity contribution in [1.29, 1.82) is 0 Å². The number of hydrogen-bond acceptors (Lipinski definition) is 1. The van der Waals surface area contributed by atoms with Gasteiger partial charge in [0.05, 0.1) is 5.56 Å². The van der Waals surface area contributed by atoms with E-state index in [1.54, 1.807) is 12.1 Å². The summed E-state index contributed by atoms with van der Waals surface area (Å²) >= 11 is 3.21. The molecule has 0 atom stereocenters. The van der Waals surface area contributed by atoms with Crippen molar-refractivity contribution in [3.63, 3.8) is 0 Å². The maximum Gasteiger partial charge on any atom is 0.166 e. The second-order valence-corrected chi connectivity index (χ2v) is 4.68. The van der Waals surface area contributed by atoms with Gasteiger partial charge in [0, 0.05) is 10.9 Å². The van der Waals surface area contributed by atoms with Gasteiger partial charge in [-0.15, -0.1) is 0 Å². The Balaban J connectivity index is 2.59. The molecule has 1 aromatic carbocycles. The number of hydrogen-bond donors (Lipinski definition) is 0. The van der Waals surface area contributed by atoms with Crippen LogP contribution < -0.4 is 0 Å². The van der Waals surface area contributed by atoms with Crippen molar-refractivity contribution in [2.45, 2.75) is 39.0 Å². The van der Waals surface area contributed by atoms with Crippen LogP contribution in [0.25, 0.3) is 0 Å². The lowest BCUT2D eigenvalue weighted by Crippen LogP contribution is -2.03. The molecule has 1 rings (SSSR count). The third-order valence-electron chi connectivity index (χ3n) is 2.50. The molecule has 1 aromatic rings. The molecule has 0 aliphatic rings. The minimum Gasteiger partial charge on any atom is -0.294 e. The fraction of sp³-hybridized carbons (Fsp3) is 0.462. The third-order valence-corrected chi connectivity index (χ3v) is 3.16. The quantitative estimate of drug-likeness (QED) is 0.545. The highest BCUT2D eigenvalue weighted by molar-refractivity contribution is 9.10. The van der Waals surface area contributed by atoms with Crippen molar-refractivity contribution < 1.29 is 9.18 Å². The molecule has 0 fully saturated rings. The van der Waals surface area contributed by atoms with Gasteiger partial charge >= 0.3 is 0 Å². The Bertz CT molecular complexity index is 343. The summed E-state index contributed by atoms with van der Waals surface area (Å²) in [5, 5.41) is 0. The average molecular weight is 287 g/mol. The van der Waals surface area contributed by atoms with Crippen LogP contribution in [0.4, 0.5) is 4.39 Å². The van der Waals surface area contributed by atoms with Crippen LogP contribution in [-0.2, 0) is 0 Å². The Morgan fingerprint density at radius 3 is 2.69 bits per heavy atom. The van der Waals surface area contributed by atoms with E-state index >= 15 is 0 Å². The molecule has 0 amide bonds. The van der Waals surface area contributed by atoms with Crippen molar-refractivity contribution in [3.05, 3.63) is 34.1 Å². The highest BCUT2D eigenvalue weighted by atomic mass is 79.9. The molecule has 0 saturated heterocycles. The van der Waals surface area contributed by atoms with E-state index in [2.05, 4.69) is 22.9 Å². The molecule has 0 spiro atoms. The van der Waals surface area contributed by atoms with Crippen molar-refractivity contribution in [3.8, 4) is 0 Å². The van der Waals surface area contributed by atoms with Gasteiger partial charge in [-0.25, -0.2) is 4.39 Å². The van der Waals surface area contributed by atoms with Crippen molar-refractivity contribution in [1.82, 2.24) is 0 Å². The minimum absolute atomic E-state index is 0.110. The topological polar surface area (TPSA) is 17.1 Å². The number of unbranched alkanes of at least 4 members (excludes halogenated alkanes) is 3. The summed E-state index contributed by atoms with van der Waals surface area (Å²) in [5.41, 5.74) is 0.194. The lowest BCUT2D eigenvalue weighted by molar-refractivity contribution is 0.0974. The Kier molecular flexibility index (Phi) is 5.67. The van der Waals surface area contributed by atoms with E-state index in [0.29, 0.717) is 10.9 Å².